The van der Waals surface area contributed by atoms with Crippen LogP contribution in [0.5, 0.6) is 0 Å². The largest absolute Gasteiger partial charge is 0.271 e. The zero-order chi connectivity index (χ0) is 14.9. The van der Waals surface area contributed by atoms with E-state index in [0.717, 1.165) is 0 Å². The first-order valence-corrected chi connectivity index (χ1v) is 6.99. The molecule has 1 atom stereocenters. The quantitative estimate of drug-likeness (QED) is 0.487. The third kappa shape index (κ3) is 2.72. The molecule has 0 fully saturated rings. The average Bonchev–Trinajstić information content (AvgIpc) is 2.44. The summed E-state index contributed by atoms with van der Waals surface area (Å²) < 4.78 is 28.8. The third-order valence-electron chi connectivity index (χ3n) is 3.08. The van der Waals surface area contributed by atoms with Gasteiger partial charge in [-0.05, 0) is 34.5 Å². The van der Waals surface area contributed by atoms with Crippen molar-refractivity contribution in [2.24, 2.45) is 5.84 Å². The van der Waals surface area contributed by atoms with Crippen LogP contribution in [0.15, 0.2) is 34.8 Å². The van der Waals surface area contributed by atoms with Crippen molar-refractivity contribution in [2.45, 2.75) is 13.0 Å². The van der Waals surface area contributed by atoms with Crippen LogP contribution in [0.4, 0.5) is 8.78 Å². The summed E-state index contributed by atoms with van der Waals surface area (Å²) >= 11 is 8.99. The summed E-state index contributed by atoms with van der Waals surface area (Å²) in [5, 5.41) is -0.0594. The van der Waals surface area contributed by atoms with Crippen LogP contribution < -0.4 is 11.3 Å². The molecular formula is C14H12BrClF2N2. The molecule has 0 amide bonds. The smallest absolute Gasteiger partial charge is 0.148 e. The van der Waals surface area contributed by atoms with Gasteiger partial charge in [0.25, 0.3) is 0 Å². The number of nitrogens with two attached hydrogens (primary N) is 1. The van der Waals surface area contributed by atoms with Crippen molar-refractivity contribution < 1.29 is 8.78 Å². The van der Waals surface area contributed by atoms with E-state index in [9.17, 15) is 8.78 Å². The molecule has 0 radical (unpaired) electrons. The molecule has 2 aromatic carbocycles. The minimum atomic E-state index is -0.819. The van der Waals surface area contributed by atoms with Gasteiger partial charge >= 0.3 is 0 Å². The number of aryl methyl sites for hydroxylation is 1. The van der Waals surface area contributed by atoms with Gasteiger partial charge in [0.05, 0.1) is 11.1 Å². The molecular weight excluding hydrogens is 350 g/mol. The molecule has 2 rings (SSSR count). The van der Waals surface area contributed by atoms with Crippen LogP contribution in [0.3, 0.4) is 0 Å². The highest BCUT2D eigenvalue weighted by Gasteiger charge is 2.22. The standard InChI is InChI=1S/C14H12BrClF2N2/c1-7-3-2-4-8(12(7)17)14(20-19)9-5-6-10(15)11(16)13(9)18/h2-6,14,20H,19H2,1H3. The summed E-state index contributed by atoms with van der Waals surface area (Å²) in [5.41, 5.74) is 3.35. The molecule has 0 spiro atoms. The number of benzene rings is 2. The Morgan fingerprint density at radius 2 is 1.80 bits per heavy atom. The molecule has 20 heavy (non-hydrogen) atoms. The van der Waals surface area contributed by atoms with E-state index in [-0.39, 0.29) is 16.1 Å². The molecule has 1 unspecified atom stereocenters. The second kappa shape index (κ2) is 6.18. The molecule has 0 heterocycles. The van der Waals surface area contributed by atoms with Crippen molar-refractivity contribution in [3.8, 4) is 0 Å². The Bertz CT molecular complexity index is 649. The molecule has 0 saturated carbocycles. The molecule has 0 aliphatic rings. The zero-order valence-corrected chi connectivity index (χ0v) is 12.9. The summed E-state index contributed by atoms with van der Waals surface area (Å²) in [5.74, 6) is 4.42. The Labute approximate surface area is 129 Å². The van der Waals surface area contributed by atoms with Gasteiger partial charge in [-0.3, -0.25) is 5.84 Å². The Morgan fingerprint density at radius 3 is 2.45 bits per heavy atom. The molecule has 3 N–H and O–H groups in total. The summed E-state index contributed by atoms with van der Waals surface area (Å²) in [6.07, 6.45) is 0. The predicted octanol–water partition coefficient (Wildman–Crippen LogP) is 4.24. The van der Waals surface area contributed by atoms with Gasteiger partial charge in [-0.25, -0.2) is 14.2 Å². The summed E-state index contributed by atoms with van der Waals surface area (Å²) in [7, 11) is 0. The molecule has 0 aliphatic carbocycles. The maximum Gasteiger partial charge on any atom is 0.148 e. The number of rotatable bonds is 3. The molecule has 2 nitrogen and oxygen atoms in total. The van der Waals surface area contributed by atoms with E-state index in [1.807, 2.05) is 0 Å². The molecule has 0 bridgehead atoms. The monoisotopic (exact) mass is 360 g/mol. The average molecular weight is 362 g/mol. The first-order valence-electron chi connectivity index (χ1n) is 5.82. The number of hydrogen-bond donors (Lipinski definition) is 2. The van der Waals surface area contributed by atoms with Gasteiger partial charge < -0.3 is 0 Å². The Kier molecular flexibility index (Phi) is 4.75. The summed E-state index contributed by atoms with van der Waals surface area (Å²) in [6.45, 7) is 1.64. The SMILES string of the molecule is Cc1cccc(C(NN)c2ccc(Br)c(Cl)c2F)c1F. The third-order valence-corrected chi connectivity index (χ3v) is 4.33. The van der Waals surface area contributed by atoms with Crippen molar-refractivity contribution in [1.29, 1.82) is 0 Å². The fourth-order valence-electron chi connectivity index (χ4n) is 2.00. The molecule has 106 valence electrons. The number of halogens is 4. The van der Waals surface area contributed by atoms with Crippen LogP contribution in [-0.2, 0) is 0 Å². The highest BCUT2D eigenvalue weighted by atomic mass is 79.9. The van der Waals surface area contributed by atoms with Crippen LogP contribution in [0.2, 0.25) is 5.02 Å². The lowest BCUT2D eigenvalue weighted by atomic mass is 9.97. The normalized spacial score (nSPS) is 12.5. The fourth-order valence-corrected chi connectivity index (χ4v) is 2.48. The molecule has 0 aliphatic heterocycles. The van der Waals surface area contributed by atoms with E-state index < -0.39 is 17.7 Å². The van der Waals surface area contributed by atoms with Crippen molar-refractivity contribution in [3.05, 3.63) is 68.2 Å². The first kappa shape index (κ1) is 15.4. The Balaban J connectivity index is 2.59. The van der Waals surface area contributed by atoms with Crippen LogP contribution in [0, 0.1) is 18.6 Å². The van der Waals surface area contributed by atoms with Crippen molar-refractivity contribution in [3.63, 3.8) is 0 Å². The molecule has 0 aromatic heterocycles. The van der Waals surface area contributed by atoms with Crippen LogP contribution in [0.1, 0.15) is 22.7 Å². The Morgan fingerprint density at radius 1 is 1.15 bits per heavy atom. The number of nitrogens with one attached hydrogen (secondary N) is 1. The van der Waals surface area contributed by atoms with Gasteiger partial charge in [0.2, 0.25) is 0 Å². The minimum Gasteiger partial charge on any atom is -0.271 e. The minimum absolute atomic E-state index is 0.0594. The fraction of sp³-hybridized carbons (Fsp3) is 0.143. The number of hydrazine groups is 1. The second-order valence-electron chi connectivity index (χ2n) is 4.34. The van der Waals surface area contributed by atoms with E-state index in [4.69, 9.17) is 17.4 Å². The lowest BCUT2D eigenvalue weighted by molar-refractivity contribution is 0.528. The van der Waals surface area contributed by atoms with Gasteiger partial charge in [-0.2, -0.15) is 0 Å². The number of hydrogen-bond acceptors (Lipinski definition) is 2. The molecule has 0 saturated heterocycles. The van der Waals surface area contributed by atoms with Crippen molar-refractivity contribution in [1.82, 2.24) is 5.43 Å². The van der Waals surface area contributed by atoms with Crippen molar-refractivity contribution in [2.75, 3.05) is 0 Å². The van der Waals surface area contributed by atoms with Gasteiger partial charge in [0.15, 0.2) is 0 Å². The topological polar surface area (TPSA) is 38.0 Å². The zero-order valence-electron chi connectivity index (χ0n) is 10.6. The van der Waals surface area contributed by atoms with E-state index >= 15 is 0 Å². The van der Waals surface area contributed by atoms with Crippen molar-refractivity contribution >= 4 is 27.5 Å². The van der Waals surface area contributed by atoms with E-state index in [2.05, 4.69) is 21.4 Å². The lowest BCUT2D eigenvalue weighted by Crippen LogP contribution is -2.30. The van der Waals surface area contributed by atoms with E-state index in [1.165, 1.54) is 6.07 Å². The van der Waals surface area contributed by atoms with Crippen LogP contribution in [0.25, 0.3) is 0 Å². The summed E-state index contributed by atoms with van der Waals surface area (Å²) in [4.78, 5) is 0. The highest BCUT2D eigenvalue weighted by molar-refractivity contribution is 9.10. The lowest BCUT2D eigenvalue weighted by Gasteiger charge is -2.19. The highest BCUT2D eigenvalue weighted by Crippen LogP contribution is 2.33. The van der Waals surface area contributed by atoms with Gasteiger partial charge in [-0.15, -0.1) is 0 Å². The predicted molar refractivity (Wildman–Crippen MR) is 79.4 cm³/mol. The van der Waals surface area contributed by atoms with Crippen LogP contribution in [-0.4, -0.2) is 0 Å². The van der Waals surface area contributed by atoms with E-state index in [1.54, 1.807) is 31.2 Å². The maximum absolute atomic E-state index is 14.2. The molecule has 2 aromatic rings. The summed E-state index contributed by atoms with van der Waals surface area (Å²) in [6, 6.07) is 7.17. The van der Waals surface area contributed by atoms with E-state index in [0.29, 0.717) is 10.0 Å². The Hall–Kier alpha value is -1.01. The maximum atomic E-state index is 14.2. The van der Waals surface area contributed by atoms with Gasteiger partial charge in [0, 0.05) is 15.6 Å². The molecule has 6 heteroatoms. The van der Waals surface area contributed by atoms with Gasteiger partial charge in [0.1, 0.15) is 11.6 Å². The van der Waals surface area contributed by atoms with Crippen LogP contribution >= 0.6 is 27.5 Å². The second-order valence-corrected chi connectivity index (χ2v) is 5.57. The van der Waals surface area contributed by atoms with Gasteiger partial charge in [-0.1, -0.05) is 35.9 Å². The first-order chi connectivity index (χ1) is 9.47.